The van der Waals surface area contributed by atoms with Gasteiger partial charge in [-0.15, -0.1) is 0 Å². The Hall–Kier alpha value is -3.81. The van der Waals surface area contributed by atoms with Crippen molar-refractivity contribution in [2.45, 2.75) is 13.3 Å². The summed E-state index contributed by atoms with van der Waals surface area (Å²) in [5, 5.41) is 14.8. The van der Waals surface area contributed by atoms with E-state index in [9.17, 15) is 10.1 Å². The van der Waals surface area contributed by atoms with Gasteiger partial charge in [-0.2, -0.15) is 0 Å². The summed E-state index contributed by atoms with van der Waals surface area (Å²) < 4.78 is 1.60. The highest BCUT2D eigenvalue weighted by Gasteiger charge is 2.25. The van der Waals surface area contributed by atoms with Crippen LogP contribution in [-0.4, -0.2) is 24.4 Å². The first kappa shape index (κ1) is 16.6. The van der Waals surface area contributed by atoms with Crippen molar-refractivity contribution in [3.8, 4) is 5.82 Å². The van der Waals surface area contributed by atoms with Crippen molar-refractivity contribution in [3.63, 3.8) is 0 Å². The van der Waals surface area contributed by atoms with E-state index in [0.717, 1.165) is 23.1 Å². The number of para-hydroxylation sites is 2. The summed E-state index contributed by atoms with van der Waals surface area (Å²) in [6.45, 7) is 2.07. The molecule has 4 aromatic rings. The number of imidazole rings is 1. The number of anilines is 2. The molecular formula is C19H16N6O2. The summed E-state index contributed by atoms with van der Waals surface area (Å²) in [4.78, 5) is 23.9. The highest BCUT2D eigenvalue weighted by molar-refractivity contribution is 5.79. The van der Waals surface area contributed by atoms with Gasteiger partial charge in [-0.1, -0.05) is 31.2 Å². The van der Waals surface area contributed by atoms with Gasteiger partial charge < -0.3 is 5.32 Å². The van der Waals surface area contributed by atoms with Crippen LogP contribution in [0.1, 0.15) is 12.5 Å². The summed E-state index contributed by atoms with van der Waals surface area (Å²) in [7, 11) is 0. The first-order chi connectivity index (χ1) is 13.2. The second kappa shape index (κ2) is 6.83. The Kier molecular flexibility index (Phi) is 4.21. The van der Waals surface area contributed by atoms with Crippen LogP contribution >= 0.6 is 0 Å². The zero-order valence-electron chi connectivity index (χ0n) is 14.5. The molecule has 2 aromatic carbocycles. The van der Waals surface area contributed by atoms with Crippen molar-refractivity contribution < 1.29 is 4.92 Å². The minimum Gasteiger partial charge on any atom is -0.334 e. The SMILES string of the molecule is CCc1ccc(Nc2ncnc(-n3cnc4ccccc43)c2[N+](=O)[O-])cc1. The molecule has 0 aliphatic heterocycles. The third-order valence-corrected chi connectivity index (χ3v) is 4.29. The Balaban J connectivity index is 1.81. The lowest BCUT2D eigenvalue weighted by Crippen LogP contribution is -2.07. The second-order valence-electron chi connectivity index (χ2n) is 5.93. The van der Waals surface area contributed by atoms with E-state index in [2.05, 4.69) is 27.2 Å². The number of rotatable bonds is 5. The zero-order chi connectivity index (χ0) is 18.8. The summed E-state index contributed by atoms with van der Waals surface area (Å²) in [5.41, 5.74) is 3.16. The average Bonchev–Trinajstić information content (AvgIpc) is 3.12. The summed E-state index contributed by atoms with van der Waals surface area (Å²) in [6, 6.07) is 15.1. The molecule has 0 fully saturated rings. The molecule has 0 atom stereocenters. The van der Waals surface area contributed by atoms with E-state index in [1.807, 2.05) is 48.5 Å². The molecular weight excluding hydrogens is 344 g/mol. The maximum atomic E-state index is 11.8. The Morgan fingerprint density at radius 2 is 1.85 bits per heavy atom. The molecule has 8 nitrogen and oxygen atoms in total. The van der Waals surface area contributed by atoms with Crippen molar-refractivity contribution >= 4 is 28.2 Å². The maximum absolute atomic E-state index is 11.8. The molecule has 0 amide bonds. The number of aromatic nitrogens is 4. The van der Waals surface area contributed by atoms with Gasteiger partial charge in [0.1, 0.15) is 12.7 Å². The molecule has 0 unspecified atom stereocenters. The lowest BCUT2D eigenvalue weighted by atomic mass is 10.1. The maximum Gasteiger partial charge on any atom is 0.354 e. The molecule has 1 N–H and O–H groups in total. The predicted molar refractivity (Wildman–Crippen MR) is 102 cm³/mol. The van der Waals surface area contributed by atoms with Crippen LogP contribution in [0.3, 0.4) is 0 Å². The van der Waals surface area contributed by atoms with E-state index >= 15 is 0 Å². The first-order valence-electron chi connectivity index (χ1n) is 8.45. The van der Waals surface area contributed by atoms with Gasteiger partial charge in [-0.25, -0.2) is 15.0 Å². The molecule has 0 saturated heterocycles. The molecule has 0 spiro atoms. The third-order valence-electron chi connectivity index (χ3n) is 4.29. The number of aryl methyl sites for hydroxylation is 1. The normalized spacial score (nSPS) is 10.9. The number of hydrogen-bond acceptors (Lipinski definition) is 6. The number of nitrogens with one attached hydrogen (secondary N) is 1. The van der Waals surface area contributed by atoms with E-state index in [1.165, 1.54) is 18.2 Å². The number of benzene rings is 2. The Labute approximate surface area is 154 Å². The molecule has 2 heterocycles. The molecule has 27 heavy (non-hydrogen) atoms. The molecule has 0 bridgehead atoms. The van der Waals surface area contributed by atoms with Crippen LogP contribution in [-0.2, 0) is 6.42 Å². The molecule has 2 aromatic heterocycles. The molecule has 0 saturated carbocycles. The number of nitro groups is 1. The number of fused-ring (bicyclic) bond motifs is 1. The van der Waals surface area contributed by atoms with E-state index < -0.39 is 4.92 Å². The standard InChI is InChI=1S/C19H16N6O2/c1-2-13-7-9-14(10-8-13)23-18-17(25(26)27)19(21-11-20-18)24-12-22-15-5-3-4-6-16(15)24/h3-12H,2H2,1H3,(H,20,21,23). The Bertz CT molecular complexity index is 1120. The molecule has 4 rings (SSSR count). The van der Waals surface area contributed by atoms with E-state index in [-0.39, 0.29) is 17.3 Å². The minimum absolute atomic E-state index is 0.132. The zero-order valence-corrected chi connectivity index (χ0v) is 14.5. The van der Waals surface area contributed by atoms with Crippen molar-refractivity contribution in [2.75, 3.05) is 5.32 Å². The smallest absolute Gasteiger partial charge is 0.334 e. The summed E-state index contributed by atoms with van der Waals surface area (Å²) in [5.74, 6) is 0.295. The predicted octanol–water partition coefficient (Wildman–Crippen LogP) is 4.03. The monoisotopic (exact) mass is 360 g/mol. The Morgan fingerprint density at radius 1 is 1.07 bits per heavy atom. The van der Waals surface area contributed by atoms with Crippen LogP contribution in [0.5, 0.6) is 0 Å². The fraction of sp³-hybridized carbons (Fsp3) is 0.105. The topological polar surface area (TPSA) is 98.8 Å². The number of hydrogen-bond donors (Lipinski definition) is 1. The van der Waals surface area contributed by atoms with E-state index in [0.29, 0.717) is 0 Å². The molecule has 0 aliphatic carbocycles. The van der Waals surface area contributed by atoms with Gasteiger partial charge in [0.05, 0.1) is 16.0 Å². The van der Waals surface area contributed by atoms with Crippen molar-refractivity contribution in [1.29, 1.82) is 0 Å². The molecule has 134 valence electrons. The minimum atomic E-state index is -0.479. The van der Waals surface area contributed by atoms with E-state index in [1.54, 1.807) is 4.57 Å². The van der Waals surface area contributed by atoms with Crippen LogP contribution < -0.4 is 5.32 Å². The highest BCUT2D eigenvalue weighted by Crippen LogP contribution is 2.31. The lowest BCUT2D eigenvalue weighted by Gasteiger charge is -2.10. The quantitative estimate of drug-likeness (QED) is 0.426. The van der Waals surface area contributed by atoms with Crippen LogP contribution in [0.25, 0.3) is 16.9 Å². The Morgan fingerprint density at radius 3 is 2.59 bits per heavy atom. The van der Waals surface area contributed by atoms with Gasteiger partial charge in [-0.05, 0) is 36.2 Å². The highest BCUT2D eigenvalue weighted by atomic mass is 16.6. The number of nitrogens with zero attached hydrogens (tertiary/aromatic N) is 5. The van der Waals surface area contributed by atoms with Crippen molar-refractivity contribution in [1.82, 2.24) is 19.5 Å². The molecule has 8 heteroatoms. The third kappa shape index (κ3) is 3.08. The fourth-order valence-electron chi connectivity index (χ4n) is 2.89. The average molecular weight is 360 g/mol. The lowest BCUT2D eigenvalue weighted by molar-refractivity contribution is -0.384. The van der Waals surface area contributed by atoms with Gasteiger partial charge in [-0.3, -0.25) is 14.7 Å². The largest absolute Gasteiger partial charge is 0.354 e. The van der Waals surface area contributed by atoms with Crippen LogP contribution in [0.4, 0.5) is 17.2 Å². The summed E-state index contributed by atoms with van der Waals surface area (Å²) >= 11 is 0. The van der Waals surface area contributed by atoms with E-state index in [4.69, 9.17) is 0 Å². The second-order valence-corrected chi connectivity index (χ2v) is 5.93. The molecule has 0 aliphatic rings. The van der Waals surface area contributed by atoms with Crippen LogP contribution in [0.2, 0.25) is 0 Å². The summed E-state index contributed by atoms with van der Waals surface area (Å²) in [6.07, 6.45) is 3.76. The van der Waals surface area contributed by atoms with Crippen LogP contribution in [0, 0.1) is 10.1 Å². The van der Waals surface area contributed by atoms with Gasteiger partial charge in [0.15, 0.2) is 0 Å². The fourth-order valence-corrected chi connectivity index (χ4v) is 2.89. The molecule has 0 radical (unpaired) electrons. The first-order valence-corrected chi connectivity index (χ1v) is 8.45. The van der Waals surface area contributed by atoms with Gasteiger partial charge >= 0.3 is 5.69 Å². The van der Waals surface area contributed by atoms with Gasteiger partial charge in [0.2, 0.25) is 11.6 Å². The van der Waals surface area contributed by atoms with Crippen LogP contribution in [0.15, 0.2) is 61.2 Å². The van der Waals surface area contributed by atoms with Crippen molar-refractivity contribution in [2.24, 2.45) is 0 Å². The van der Waals surface area contributed by atoms with Gasteiger partial charge in [0.25, 0.3) is 0 Å². The van der Waals surface area contributed by atoms with Crippen molar-refractivity contribution in [3.05, 3.63) is 76.9 Å². The van der Waals surface area contributed by atoms with Gasteiger partial charge in [0, 0.05) is 5.69 Å².